The van der Waals surface area contributed by atoms with Crippen molar-refractivity contribution in [2.45, 2.75) is 43.5 Å². The number of likely N-dealkylation sites (tertiary alicyclic amines) is 1. The van der Waals surface area contributed by atoms with Gasteiger partial charge in [0.05, 0.1) is 19.4 Å². The van der Waals surface area contributed by atoms with E-state index in [9.17, 15) is 8.42 Å². The van der Waals surface area contributed by atoms with Crippen molar-refractivity contribution in [2.24, 2.45) is 0 Å². The standard InChI is InChI=1S/C20H28N2O4S/c1-16-9-10-19(25-2)20(14-16)27(23,24)21-15-17(18-8-7-13-26-18)22-11-5-3-4-6-12-22/h7-10,13-14,17,21H,3-6,11-12,15H2,1-2H3. The summed E-state index contributed by atoms with van der Waals surface area (Å²) in [5, 5.41) is 0. The maximum atomic E-state index is 12.9. The van der Waals surface area contributed by atoms with Crippen LogP contribution in [0.5, 0.6) is 5.75 Å². The topological polar surface area (TPSA) is 71.8 Å². The molecule has 7 heteroatoms. The molecule has 0 bridgehead atoms. The number of rotatable bonds is 7. The molecule has 148 valence electrons. The summed E-state index contributed by atoms with van der Waals surface area (Å²) in [5.74, 6) is 1.13. The van der Waals surface area contributed by atoms with Crippen molar-refractivity contribution in [3.05, 3.63) is 47.9 Å². The molecule has 1 aliphatic heterocycles. The third-order valence-electron chi connectivity index (χ3n) is 5.03. The number of aryl methyl sites for hydroxylation is 1. The molecule has 0 radical (unpaired) electrons. The Morgan fingerprint density at radius 2 is 1.93 bits per heavy atom. The second-order valence-corrected chi connectivity index (χ2v) is 8.72. The van der Waals surface area contributed by atoms with Crippen molar-refractivity contribution in [3.63, 3.8) is 0 Å². The van der Waals surface area contributed by atoms with E-state index in [1.165, 1.54) is 20.0 Å². The van der Waals surface area contributed by atoms with E-state index < -0.39 is 10.0 Å². The van der Waals surface area contributed by atoms with Crippen LogP contribution in [0.2, 0.25) is 0 Å². The second-order valence-electron chi connectivity index (χ2n) is 6.99. The summed E-state index contributed by atoms with van der Waals surface area (Å²) in [6, 6.07) is 8.79. The van der Waals surface area contributed by atoms with E-state index in [0.29, 0.717) is 5.75 Å². The van der Waals surface area contributed by atoms with Gasteiger partial charge in [-0.3, -0.25) is 4.90 Å². The molecular weight excluding hydrogens is 364 g/mol. The summed E-state index contributed by atoms with van der Waals surface area (Å²) in [4.78, 5) is 2.49. The normalized spacial score (nSPS) is 17.4. The van der Waals surface area contributed by atoms with Crippen molar-refractivity contribution < 1.29 is 17.6 Å². The Balaban J connectivity index is 1.81. The van der Waals surface area contributed by atoms with Crippen LogP contribution >= 0.6 is 0 Å². The predicted octanol–water partition coefficient (Wildman–Crippen LogP) is 3.49. The van der Waals surface area contributed by atoms with Crippen molar-refractivity contribution in [2.75, 3.05) is 26.7 Å². The van der Waals surface area contributed by atoms with Crippen LogP contribution in [0.25, 0.3) is 0 Å². The molecule has 0 spiro atoms. The molecule has 1 N–H and O–H groups in total. The number of nitrogens with zero attached hydrogens (tertiary/aromatic N) is 1. The van der Waals surface area contributed by atoms with Crippen LogP contribution in [0.3, 0.4) is 0 Å². The van der Waals surface area contributed by atoms with Crippen molar-refractivity contribution >= 4 is 10.0 Å². The fraction of sp³-hybridized carbons (Fsp3) is 0.500. The molecule has 1 fully saturated rings. The minimum absolute atomic E-state index is 0.122. The Morgan fingerprint density at radius 1 is 1.19 bits per heavy atom. The first-order chi connectivity index (χ1) is 13.0. The van der Waals surface area contributed by atoms with Crippen LogP contribution in [-0.2, 0) is 10.0 Å². The molecular formula is C20H28N2O4S. The van der Waals surface area contributed by atoms with E-state index in [1.807, 2.05) is 25.1 Å². The molecule has 1 unspecified atom stereocenters. The van der Waals surface area contributed by atoms with E-state index in [-0.39, 0.29) is 17.5 Å². The minimum Gasteiger partial charge on any atom is -0.495 e. The van der Waals surface area contributed by atoms with Crippen molar-refractivity contribution in [3.8, 4) is 5.75 Å². The minimum atomic E-state index is -3.70. The first kappa shape index (κ1) is 19.9. The number of ether oxygens (including phenoxy) is 1. The summed E-state index contributed by atoms with van der Waals surface area (Å²) in [6.45, 7) is 4.01. The zero-order valence-corrected chi connectivity index (χ0v) is 16.8. The van der Waals surface area contributed by atoms with Gasteiger partial charge in [-0.2, -0.15) is 0 Å². The van der Waals surface area contributed by atoms with Crippen LogP contribution in [0.15, 0.2) is 45.9 Å². The van der Waals surface area contributed by atoms with Crippen LogP contribution in [0, 0.1) is 6.92 Å². The Labute approximate surface area is 161 Å². The van der Waals surface area contributed by atoms with Crippen LogP contribution < -0.4 is 9.46 Å². The number of methoxy groups -OCH3 is 1. The number of nitrogens with one attached hydrogen (secondary N) is 1. The largest absolute Gasteiger partial charge is 0.495 e. The van der Waals surface area contributed by atoms with Gasteiger partial charge in [-0.15, -0.1) is 0 Å². The molecule has 1 atom stereocenters. The van der Waals surface area contributed by atoms with Gasteiger partial charge < -0.3 is 9.15 Å². The van der Waals surface area contributed by atoms with Crippen LogP contribution in [-0.4, -0.2) is 40.1 Å². The number of hydrogen-bond acceptors (Lipinski definition) is 5. The Hall–Kier alpha value is -1.83. The van der Waals surface area contributed by atoms with E-state index in [0.717, 1.165) is 37.3 Å². The average molecular weight is 393 g/mol. The van der Waals surface area contributed by atoms with Gasteiger partial charge in [-0.1, -0.05) is 18.9 Å². The van der Waals surface area contributed by atoms with E-state index >= 15 is 0 Å². The summed E-state index contributed by atoms with van der Waals surface area (Å²) < 4.78 is 39.5. The highest BCUT2D eigenvalue weighted by molar-refractivity contribution is 7.89. The molecule has 2 aromatic rings. The molecule has 0 amide bonds. The van der Waals surface area contributed by atoms with Gasteiger partial charge in [-0.05, 0) is 62.7 Å². The zero-order chi connectivity index (χ0) is 19.3. The fourth-order valence-corrected chi connectivity index (χ4v) is 4.85. The van der Waals surface area contributed by atoms with Crippen molar-refractivity contribution in [1.29, 1.82) is 0 Å². The summed E-state index contributed by atoms with van der Waals surface area (Å²) in [5.41, 5.74) is 0.867. The molecule has 1 saturated heterocycles. The van der Waals surface area contributed by atoms with Gasteiger partial charge in [0.15, 0.2) is 0 Å². The molecule has 6 nitrogen and oxygen atoms in total. The Kier molecular flexibility index (Phi) is 6.57. The molecule has 0 aliphatic carbocycles. The van der Waals surface area contributed by atoms with Gasteiger partial charge >= 0.3 is 0 Å². The molecule has 27 heavy (non-hydrogen) atoms. The second kappa shape index (κ2) is 8.91. The van der Waals surface area contributed by atoms with Crippen molar-refractivity contribution in [1.82, 2.24) is 9.62 Å². The molecule has 0 saturated carbocycles. The smallest absolute Gasteiger partial charge is 0.244 e. The third-order valence-corrected chi connectivity index (χ3v) is 6.47. The number of furan rings is 1. The highest BCUT2D eigenvalue weighted by Gasteiger charge is 2.27. The summed E-state index contributed by atoms with van der Waals surface area (Å²) >= 11 is 0. The highest BCUT2D eigenvalue weighted by Crippen LogP contribution is 2.27. The van der Waals surface area contributed by atoms with Gasteiger partial charge in [0.1, 0.15) is 16.4 Å². The number of hydrogen-bond donors (Lipinski definition) is 1. The quantitative estimate of drug-likeness (QED) is 0.781. The SMILES string of the molecule is COc1ccc(C)cc1S(=O)(=O)NCC(c1ccco1)N1CCCCCC1. The summed E-state index contributed by atoms with van der Waals surface area (Å²) in [7, 11) is -2.22. The highest BCUT2D eigenvalue weighted by atomic mass is 32.2. The number of sulfonamides is 1. The van der Waals surface area contributed by atoms with Crippen LogP contribution in [0.4, 0.5) is 0 Å². The first-order valence-electron chi connectivity index (χ1n) is 9.43. The van der Waals surface area contributed by atoms with Gasteiger partial charge in [0, 0.05) is 6.54 Å². The predicted molar refractivity (Wildman–Crippen MR) is 104 cm³/mol. The van der Waals surface area contributed by atoms with Gasteiger partial charge in [0.2, 0.25) is 10.0 Å². The molecule has 3 rings (SSSR count). The molecule has 1 aromatic heterocycles. The lowest BCUT2D eigenvalue weighted by atomic mass is 10.2. The van der Waals surface area contributed by atoms with Gasteiger partial charge in [-0.25, -0.2) is 13.1 Å². The first-order valence-corrected chi connectivity index (χ1v) is 10.9. The lowest BCUT2D eigenvalue weighted by Crippen LogP contribution is -2.38. The fourth-order valence-electron chi connectivity index (χ4n) is 3.56. The van der Waals surface area contributed by atoms with E-state index in [4.69, 9.17) is 9.15 Å². The van der Waals surface area contributed by atoms with Gasteiger partial charge in [0.25, 0.3) is 0 Å². The average Bonchev–Trinajstić information content (AvgIpc) is 3.05. The maximum Gasteiger partial charge on any atom is 0.244 e. The molecule has 2 heterocycles. The third kappa shape index (κ3) is 4.91. The Bertz CT molecular complexity index is 826. The lowest BCUT2D eigenvalue weighted by molar-refractivity contribution is 0.182. The van der Waals surface area contributed by atoms with E-state index in [2.05, 4.69) is 9.62 Å². The van der Waals surface area contributed by atoms with E-state index in [1.54, 1.807) is 18.4 Å². The zero-order valence-electron chi connectivity index (χ0n) is 16.0. The lowest BCUT2D eigenvalue weighted by Gasteiger charge is -2.29. The molecule has 1 aliphatic rings. The maximum absolute atomic E-state index is 12.9. The summed E-state index contributed by atoms with van der Waals surface area (Å²) in [6.07, 6.45) is 6.31. The number of benzene rings is 1. The molecule has 1 aromatic carbocycles. The Morgan fingerprint density at radius 3 is 2.56 bits per heavy atom. The van der Waals surface area contributed by atoms with Crippen LogP contribution in [0.1, 0.15) is 43.0 Å². The monoisotopic (exact) mass is 392 g/mol.